The van der Waals surface area contributed by atoms with Crippen LogP contribution < -0.4 is 15.0 Å². The number of rotatable bonds is 3. The standard InChI is InChI=1S/C12H10ClIN2O4/c1-19-7-4-5(3-6(13)9(7)20-2)10-15-11(17)8(14)12(18)16-10/h3-4H,1-2H3,(H2,15,16,17,18). The van der Waals surface area contributed by atoms with Gasteiger partial charge in [0, 0.05) is 5.56 Å². The Morgan fingerprint density at radius 3 is 2.60 bits per heavy atom. The minimum absolute atomic E-state index is 0.123. The number of nitrogens with zero attached hydrogens (tertiary/aromatic N) is 1. The zero-order valence-electron chi connectivity index (χ0n) is 10.5. The van der Waals surface area contributed by atoms with E-state index in [2.05, 4.69) is 9.97 Å². The molecule has 1 aromatic carbocycles. The summed E-state index contributed by atoms with van der Waals surface area (Å²) in [5.74, 6) is 0.636. The average Bonchev–Trinajstić information content (AvgIpc) is 2.43. The third-order valence-corrected chi connectivity index (χ3v) is 3.81. The number of hydrogen-bond donors (Lipinski definition) is 2. The number of nitrogens with one attached hydrogen (secondary N) is 1. The summed E-state index contributed by atoms with van der Waals surface area (Å²) in [7, 11) is 2.94. The van der Waals surface area contributed by atoms with Gasteiger partial charge in [0.25, 0.3) is 5.56 Å². The monoisotopic (exact) mass is 408 g/mol. The topological polar surface area (TPSA) is 84.4 Å². The van der Waals surface area contributed by atoms with Crippen LogP contribution in [0.5, 0.6) is 17.4 Å². The van der Waals surface area contributed by atoms with Gasteiger partial charge < -0.3 is 19.6 Å². The molecule has 0 aliphatic rings. The highest BCUT2D eigenvalue weighted by Crippen LogP contribution is 2.38. The fourth-order valence-corrected chi connectivity index (χ4v) is 2.18. The lowest BCUT2D eigenvalue weighted by atomic mass is 10.2. The average molecular weight is 409 g/mol. The first-order valence-corrected chi connectivity index (χ1v) is 6.84. The van der Waals surface area contributed by atoms with Crippen LogP contribution in [-0.2, 0) is 0 Å². The van der Waals surface area contributed by atoms with Crippen LogP contribution in [0.2, 0.25) is 5.02 Å². The van der Waals surface area contributed by atoms with E-state index in [1.165, 1.54) is 14.2 Å². The maximum atomic E-state index is 11.6. The quantitative estimate of drug-likeness (QED) is 0.762. The Balaban J connectivity index is 2.65. The summed E-state index contributed by atoms with van der Waals surface area (Å²) in [6.45, 7) is 0. The van der Waals surface area contributed by atoms with Gasteiger partial charge in [-0.3, -0.25) is 4.79 Å². The van der Waals surface area contributed by atoms with Crippen molar-refractivity contribution < 1.29 is 14.6 Å². The first-order chi connectivity index (χ1) is 9.47. The van der Waals surface area contributed by atoms with Crippen molar-refractivity contribution in [3.05, 3.63) is 31.1 Å². The van der Waals surface area contributed by atoms with Gasteiger partial charge in [-0.15, -0.1) is 0 Å². The molecule has 0 atom stereocenters. The summed E-state index contributed by atoms with van der Waals surface area (Å²) in [6.07, 6.45) is 0. The van der Waals surface area contributed by atoms with E-state index in [0.717, 1.165) is 0 Å². The van der Waals surface area contributed by atoms with Crippen molar-refractivity contribution in [2.45, 2.75) is 0 Å². The molecule has 0 spiro atoms. The minimum atomic E-state index is -0.431. The van der Waals surface area contributed by atoms with Gasteiger partial charge in [0.05, 0.1) is 19.2 Å². The number of methoxy groups -OCH3 is 2. The largest absolute Gasteiger partial charge is 0.493 e. The highest BCUT2D eigenvalue weighted by molar-refractivity contribution is 14.1. The predicted molar refractivity (Wildman–Crippen MR) is 82.8 cm³/mol. The lowest BCUT2D eigenvalue weighted by molar-refractivity contribution is 0.355. The molecule has 0 aliphatic carbocycles. The molecule has 0 amide bonds. The van der Waals surface area contributed by atoms with Crippen LogP contribution >= 0.6 is 34.2 Å². The fourth-order valence-electron chi connectivity index (χ4n) is 1.64. The Bertz CT molecular complexity index is 717. The third-order valence-electron chi connectivity index (χ3n) is 2.55. The molecular weight excluding hydrogens is 398 g/mol. The molecule has 0 saturated heterocycles. The normalized spacial score (nSPS) is 10.4. The van der Waals surface area contributed by atoms with E-state index in [9.17, 15) is 9.90 Å². The van der Waals surface area contributed by atoms with Crippen LogP contribution in [0.25, 0.3) is 11.4 Å². The van der Waals surface area contributed by atoms with Gasteiger partial charge in [-0.1, -0.05) is 11.6 Å². The van der Waals surface area contributed by atoms with Crippen molar-refractivity contribution in [2.24, 2.45) is 0 Å². The van der Waals surface area contributed by atoms with Gasteiger partial charge in [0.15, 0.2) is 11.5 Å². The van der Waals surface area contributed by atoms with E-state index < -0.39 is 5.56 Å². The molecule has 0 aliphatic heterocycles. The molecule has 2 N–H and O–H groups in total. The SMILES string of the molecule is COc1cc(-c2nc(O)c(I)c(=O)[nH]2)cc(Cl)c1OC. The summed E-state index contributed by atoms with van der Waals surface area (Å²) < 4.78 is 10.4. The summed E-state index contributed by atoms with van der Waals surface area (Å²) >= 11 is 7.80. The lowest BCUT2D eigenvalue weighted by Crippen LogP contribution is -2.12. The van der Waals surface area contributed by atoms with Gasteiger partial charge >= 0.3 is 0 Å². The number of halogens is 2. The number of ether oxygens (including phenoxy) is 2. The van der Waals surface area contributed by atoms with E-state index in [1.807, 2.05) is 0 Å². The molecule has 0 fully saturated rings. The molecule has 2 rings (SSSR count). The molecule has 1 heterocycles. The third kappa shape index (κ3) is 2.68. The molecule has 8 heteroatoms. The Morgan fingerprint density at radius 2 is 2.05 bits per heavy atom. The first kappa shape index (κ1) is 14.9. The lowest BCUT2D eigenvalue weighted by Gasteiger charge is -2.11. The summed E-state index contributed by atoms with van der Waals surface area (Å²) in [4.78, 5) is 18.1. The van der Waals surface area contributed by atoms with Crippen molar-refractivity contribution in [3.63, 3.8) is 0 Å². The van der Waals surface area contributed by atoms with Crippen LogP contribution in [0.4, 0.5) is 0 Å². The Labute approximate surface area is 132 Å². The second-order valence-electron chi connectivity index (χ2n) is 3.75. The van der Waals surface area contributed by atoms with Crippen molar-refractivity contribution in [1.29, 1.82) is 0 Å². The van der Waals surface area contributed by atoms with Crippen LogP contribution in [0.15, 0.2) is 16.9 Å². The molecule has 20 heavy (non-hydrogen) atoms. The summed E-state index contributed by atoms with van der Waals surface area (Å²) in [5, 5.41) is 9.92. The van der Waals surface area contributed by atoms with Crippen molar-refractivity contribution in [3.8, 4) is 28.8 Å². The van der Waals surface area contributed by atoms with Crippen LogP contribution in [0, 0.1) is 3.57 Å². The zero-order chi connectivity index (χ0) is 14.9. The van der Waals surface area contributed by atoms with Crippen molar-refractivity contribution in [1.82, 2.24) is 9.97 Å². The van der Waals surface area contributed by atoms with E-state index in [0.29, 0.717) is 22.1 Å². The summed E-state index contributed by atoms with van der Waals surface area (Å²) in [6, 6.07) is 3.17. The van der Waals surface area contributed by atoms with Crippen LogP contribution in [0.1, 0.15) is 0 Å². The molecule has 0 radical (unpaired) electrons. The van der Waals surface area contributed by atoms with Gasteiger partial charge in [-0.25, -0.2) is 0 Å². The number of aromatic amines is 1. The number of aromatic nitrogens is 2. The number of H-pyrrole nitrogens is 1. The maximum Gasteiger partial charge on any atom is 0.268 e. The van der Waals surface area contributed by atoms with Gasteiger partial charge in [-0.2, -0.15) is 4.98 Å². The molecule has 106 valence electrons. The molecule has 1 aromatic heterocycles. The number of aromatic hydroxyl groups is 1. The highest BCUT2D eigenvalue weighted by atomic mass is 127. The second-order valence-corrected chi connectivity index (χ2v) is 5.23. The van der Waals surface area contributed by atoms with E-state index in [-0.39, 0.29) is 15.3 Å². The molecule has 0 bridgehead atoms. The van der Waals surface area contributed by atoms with Crippen LogP contribution in [0.3, 0.4) is 0 Å². The predicted octanol–water partition coefficient (Wildman–Crippen LogP) is 2.42. The molecule has 0 unspecified atom stereocenters. The van der Waals surface area contributed by atoms with Crippen molar-refractivity contribution >= 4 is 34.2 Å². The Hall–Kier alpha value is -1.48. The van der Waals surface area contributed by atoms with Gasteiger partial charge in [-0.05, 0) is 34.7 Å². The number of hydrogen-bond acceptors (Lipinski definition) is 5. The van der Waals surface area contributed by atoms with Crippen molar-refractivity contribution in [2.75, 3.05) is 14.2 Å². The molecule has 0 saturated carbocycles. The molecule has 6 nitrogen and oxygen atoms in total. The Kier molecular flexibility index (Phi) is 4.39. The number of benzene rings is 1. The van der Waals surface area contributed by atoms with Crippen LogP contribution in [-0.4, -0.2) is 29.3 Å². The maximum absolute atomic E-state index is 11.6. The van der Waals surface area contributed by atoms with E-state index in [4.69, 9.17) is 21.1 Å². The Morgan fingerprint density at radius 1 is 1.35 bits per heavy atom. The zero-order valence-corrected chi connectivity index (χ0v) is 13.4. The second kappa shape index (κ2) is 5.88. The molecular formula is C12H10ClIN2O4. The highest BCUT2D eigenvalue weighted by Gasteiger charge is 2.15. The van der Waals surface area contributed by atoms with E-state index in [1.54, 1.807) is 34.7 Å². The smallest absolute Gasteiger partial charge is 0.268 e. The van der Waals surface area contributed by atoms with Gasteiger partial charge in [0.2, 0.25) is 5.88 Å². The minimum Gasteiger partial charge on any atom is -0.493 e. The van der Waals surface area contributed by atoms with E-state index >= 15 is 0 Å². The first-order valence-electron chi connectivity index (χ1n) is 5.38. The summed E-state index contributed by atoms with van der Waals surface area (Å²) in [5.41, 5.74) is 0.0652. The van der Waals surface area contributed by atoms with Gasteiger partial charge in [0.1, 0.15) is 9.39 Å². The fraction of sp³-hybridized carbons (Fsp3) is 0.167. The molecule has 2 aromatic rings.